The third-order valence-corrected chi connectivity index (χ3v) is 3.37. The Morgan fingerprint density at radius 1 is 1.19 bits per heavy atom. The van der Waals surface area contributed by atoms with Gasteiger partial charge in [0.25, 0.3) is 5.91 Å². The monoisotopic (exact) mass is 286 g/mol. The second-order valence-electron chi connectivity index (χ2n) is 5.73. The maximum absolute atomic E-state index is 12.2. The third-order valence-electron chi connectivity index (χ3n) is 3.37. The molecule has 0 saturated carbocycles. The van der Waals surface area contributed by atoms with Gasteiger partial charge < -0.3 is 5.32 Å². The van der Waals surface area contributed by atoms with Gasteiger partial charge in [0.1, 0.15) is 12.7 Å². The SMILES string of the molecule is CC(C)CCC(C)NC(=O)c1ccc(-n2cncn2)cc1. The second-order valence-corrected chi connectivity index (χ2v) is 5.73. The first-order valence-electron chi connectivity index (χ1n) is 7.32. The minimum atomic E-state index is -0.0311. The summed E-state index contributed by atoms with van der Waals surface area (Å²) in [5.74, 6) is 0.628. The standard InChI is InChI=1S/C16H22N4O/c1-12(2)4-5-13(3)19-16(21)14-6-8-15(9-7-14)20-11-17-10-18-20/h6-13H,4-5H2,1-3H3,(H,19,21). The van der Waals surface area contributed by atoms with E-state index < -0.39 is 0 Å². The predicted molar refractivity (Wildman–Crippen MR) is 82.4 cm³/mol. The summed E-state index contributed by atoms with van der Waals surface area (Å²) in [6.45, 7) is 6.43. The lowest BCUT2D eigenvalue weighted by atomic mass is 10.0. The molecule has 0 aliphatic carbocycles. The summed E-state index contributed by atoms with van der Waals surface area (Å²) < 4.78 is 1.66. The van der Waals surface area contributed by atoms with Crippen molar-refractivity contribution < 1.29 is 4.79 Å². The maximum Gasteiger partial charge on any atom is 0.251 e. The Balaban J connectivity index is 1.94. The number of hydrogen-bond acceptors (Lipinski definition) is 3. The summed E-state index contributed by atoms with van der Waals surface area (Å²) in [5.41, 5.74) is 1.55. The summed E-state index contributed by atoms with van der Waals surface area (Å²) in [5, 5.41) is 7.09. The van der Waals surface area contributed by atoms with Gasteiger partial charge in [0, 0.05) is 11.6 Å². The molecule has 0 aliphatic rings. The average Bonchev–Trinajstić information content (AvgIpc) is 2.99. The molecule has 1 aromatic heterocycles. The van der Waals surface area contributed by atoms with Crippen molar-refractivity contribution in [3.05, 3.63) is 42.5 Å². The summed E-state index contributed by atoms with van der Waals surface area (Å²) in [4.78, 5) is 16.1. The van der Waals surface area contributed by atoms with Crippen LogP contribution in [0.4, 0.5) is 0 Å². The van der Waals surface area contributed by atoms with Crippen molar-refractivity contribution in [2.45, 2.75) is 39.7 Å². The van der Waals surface area contributed by atoms with Gasteiger partial charge in [-0.2, -0.15) is 5.10 Å². The predicted octanol–water partition coefficient (Wildman–Crippen LogP) is 2.82. The lowest BCUT2D eigenvalue weighted by Gasteiger charge is -2.15. The fourth-order valence-electron chi connectivity index (χ4n) is 2.07. The van der Waals surface area contributed by atoms with E-state index in [2.05, 4.69) is 29.2 Å². The zero-order valence-corrected chi connectivity index (χ0v) is 12.8. The van der Waals surface area contributed by atoms with Crippen LogP contribution < -0.4 is 5.32 Å². The lowest BCUT2D eigenvalue weighted by molar-refractivity contribution is 0.0937. The van der Waals surface area contributed by atoms with Crippen LogP contribution in [0.3, 0.4) is 0 Å². The van der Waals surface area contributed by atoms with E-state index in [-0.39, 0.29) is 11.9 Å². The highest BCUT2D eigenvalue weighted by Gasteiger charge is 2.10. The topological polar surface area (TPSA) is 59.8 Å². The van der Waals surface area contributed by atoms with E-state index in [1.165, 1.54) is 6.33 Å². The number of carbonyl (C=O) groups excluding carboxylic acids is 1. The molecule has 2 rings (SSSR count). The van der Waals surface area contributed by atoms with Crippen LogP contribution in [-0.2, 0) is 0 Å². The Kier molecular flexibility index (Phi) is 5.09. The number of rotatable bonds is 6. The summed E-state index contributed by atoms with van der Waals surface area (Å²) in [6.07, 6.45) is 5.23. The molecule has 0 fully saturated rings. The van der Waals surface area contributed by atoms with Crippen molar-refractivity contribution in [3.63, 3.8) is 0 Å². The van der Waals surface area contributed by atoms with Crippen LogP contribution in [0, 0.1) is 5.92 Å². The molecular formula is C16H22N4O. The van der Waals surface area contributed by atoms with Crippen LogP contribution in [0.5, 0.6) is 0 Å². The minimum absolute atomic E-state index is 0.0311. The van der Waals surface area contributed by atoms with Crippen LogP contribution >= 0.6 is 0 Å². The number of aromatic nitrogens is 3. The molecule has 5 nitrogen and oxygen atoms in total. The fraction of sp³-hybridized carbons (Fsp3) is 0.438. The third kappa shape index (κ3) is 4.41. The van der Waals surface area contributed by atoms with Crippen LogP contribution in [0.15, 0.2) is 36.9 Å². The van der Waals surface area contributed by atoms with Crippen molar-refractivity contribution >= 4 is 5.91 Å². The van der Waals surface area contributed by atoms with Crippen molar-refractivity contribution in [1.82, 2.24) is 20.1 Å². The summed E-state index contributed by atoms with van der Waals surface area (Å²) >= 11 is 0. The Morgan fingerprint density at radius 3 is 2.48 bits per heavy atom. The van der Waals surface area contributed by atoms with Crippen molar-refractivity contribution in [2.24, 2.45) is 5.92 Å². The Hall–Kier alpha value is -2.17. The molecular weight excluding hydrogens is 264 g/mol. The van der Waals surface area contributed by atoms with Crippen LogP contribution in [-0.4, -0.2) is 26.7 Å². The first-order chi connectivity index (χ1) is 10.1. The average molecular weight is 286 g/mol. The van der Waals surface area contributed by atoms with Gasteiger partial charge in [0.15, 0.2) is 0 Å². The molecule has 5 heteroatoms. The highest BCUT2D eigenvalue weighted by Crippen LogP contribution is 2.10. The molecule has 0 bridgehead atoms. The van der Waals surface area contributed by atoms with Crippen LogP contribution in [0.2, 0.25) is 0 Å². The quantitative estimate of drug-likeness (QED) is 0.888. The Bertz CT molecular complexity index is 560. The molecule has 1 heterocycles. The molecule has 112 valence electrons. The van der Waals surface area contributed by atoms with E-state index in [4.69, 9.17) is 0 Å². The van der Waals surface area contributed by atoms with Gasteiger partial charge in [-0.05, 0) is 49.9 Å². The second kappa shape index (κ2) is 7.02. The number of hydrogen-bond donors (Lipinski definition) is 1. The van der Waals surface area contributed by atoms with Gasteiger partial charge in [-0.3, -0.25) is 4.79 Å². The van der Waals surface area contributed by atoms with E-state index in [9.17, 15) is 4.79 Å². The molecule has 0 aliphatic heterocycles. The van der Waals surface area contributed by atoms with Crippen LogP contribution in [0.25, 0.3) is 5.69 Å². The van der Waals surface area contributed by atoms with Crippen molar-refractivity contribution in [3.8, 4) is 5.69 Å². The van der Waals surface area contributed by atoms with Gasteiger partial charge in [0.2, 0.25) is 0 Å². The van der Waals surface area contributed by atoms with Gasteiger partial charge in [-0.1, -0.05) is 13.8 Å². The van der Waals surface area contributed by atoms with E-state index in [1.54, 1.807) is 11.0 Å². The van der Waals surface area contributed by atoms with E-state index in [1.807, 2.05) is 31.2 Å². The van der Waals surface area contributed by atoms with Gasteiger partial charge in [-0.25, -0.2) is 9.67 Å². The molecule has 1 atom stereocenters. The molecule has 1 amide bonds. The van der Waals surface area contributed by atoms with E-state index in [0.717, 1.165) is 18.5 Å². The normalized spacial score (nSPS) is 12.4. The molecule has 0 saturated heterocycles. The van der Waals surface area contributed by atoms with Crippen molar-refractivity contribution in [2.75, 3.05) is 0 Å². The molecule has 1 N–H and O–H groups in total. The van der Waals surface area contributed by atoms with Gasteiger partial charge in [-0.15, -0.1) is 0 Å². The largest absolute Gasteiger partial charge is 0.350 e. The minimum Gasteiger partial charge on any atom is -0.350 e. The number of amides is 1. The van der Waals surface area contributed by atoms with Gasteiger partial charge >= 0.3 is 0 Å². The number of nitrogens with one attached hydrogen (secondary N) is 1. The maximum atomic E-state index is 12.2. The van der Waals surface area contributed by atoms with E-state index in [0.29, 0.717) is 11.5 Å². The molecule has 1 unspecified atom stereocenters. The fourth-order valence-corrected chi connectivity index (χ4v) is 2.07. The number of carbonyl (C=O) groups is 1. The van der Waals surface area contributed by atoms with Crippen LogP contribution in [0.1, 0.15) is 44.0 Å². The molecule has 0 spiro atoms. The Labute approximate surface area is 125 Å². The zero-order valence-electron chi connectivity index (χ0n) is 12.8. The zero-order chi connectivity index (χ0) is 15.2. The first kappa shape index (κ1) is 15.2. The highest BCUT2D eigenvalue weighted by atomic mass is 16.1. The van der Waals surface area contributed by atoms with E-state index >= 15 is 0 Å². The summed E-state index contributed by atoms with van der Waals surface area (Å²) in [7, 11) is 0. The van der Waals surface area contributed by atoms with Crippen molar-refractivity contribution in [1.29, 1.82) is 0 Å². The molecule has 1 aromatic carbocycles. The molecule has 0 radical (unpaired) electrons. The smallest absolute Gasteiger partial charge is 0.251 e. The summed E-state index contributed by atoms with van der Waals surface area (Å²) in [6, 6.07) is 7.53. The lowest BCUT2D eigenvalue weighted by Crippen LogP contribution is -2.32. The first-order valence-corrected chi connectivity index (χ1v) is 7.32. The molecule has 2 aromatic rings. The van der Waals surface area contributed by atoms with Gasteiger partial charge in [0.05, 0.1) is 5.69 Å². The Morgan fingerprint density at radius 2 is 1.90 bits per heavy atom. The molecule has 21 heavy (non-hydrogen) atoms. The number of nitrogens with zero attached hydrogens (tertiary/aromatic N) is 3. The highest BCUT2D eigenvalue weighted by molar-refractivity contribution is 5.94. The number of benzene rings is 1.